The average Bonchev–Trinajstić information content (AvgIpc) is 2.26. The molecule has 0 radical (unpaired) electrons. The van der Waals surface area contributed by atoms with Crippen LogP contribution in [0.5, 0.6) is 5.75 Å². The van der Waals surface area contributed by atoms with Gasteiger partial charge in [-0.2, -0.15) is 0 Å². The SMILES string of the molecule is COc1ccc(C)cc1C(O)COC1CCC1. The van der Waals surface area contributed by atoms with Gasteiger partial charge in [0, 0.05) is 5.56 Å². The number of ether oxygens (including phenoxy) is 2. The van der Waals surface area contributed by atoms with Crippen LogP contribution in [0, 0.1) is 6.92 Å². The number of aryl methyl sites for hydroxylation is 1. The number of methoxy groups -OCH3 is 1. The zero-order chi connectivity index (χ0) is 12.3. The Labute approximate surface area is 102 Å². The van der Waals surface area contributed by atoms with Crippen LogP contribution in [-0.4, -0.2) is 24.9 Å². The molecule has 2 rings (SSSR count). The Morgan fingerprint density at radius 1 is 1.41 bits per heavy atom. The van der Waals surface area contributed by atoms with E-state index in [2.05, 4.69) is 0 Å². The molecule has 3 heteroatoms. The molecular weight excluding hydrogens is 216 g/mol. The molecule has 0 saturated heterocycles. The first-order chi connectivity index (χ1) is 8.20. The molecule has 17 heavy (non-hydrogen) atoms. The maximum absolute atomic E-state index is 10.1. The van der Waals surface area contributed by atoms with Gasteiger partial charge in [0.2, 0.25) is 0 Å². The van der Waals surface area contributed by atoms with Crippen LogP contribution in [0.2, 0.25) is 0 Å². The van der Waals surface area contributed by atoms with E-state index in [4.69, 9.17) is 9.47 Å². The van der Waals surface area contributed by atoms with Crippen LogP contribution in [0.15, 0.2) is 18.2 Å². The highest BCUT2D eigenvalue weighted by Gasteiger charge is 2.21. The molecule has 0 aliphatic heterocycles. The van der Waals surface area contributed by atoms with E-state index in [0.717, 1.165) is 29.7 Å². The quantitative estimate of drug-likeness (QED) is 0.854. The van der Waals surface area contributed by atoms with Crippen molar-refractivity contribution in [2.45, 2.75) is 38.4 Å². The molecule has 0 amide bonds. The second kappa shape index (κ2) is 5.52. The van der Waals surface area contributed by atoms with E-state index in [-0.39, 0.29) is 0 Å². The van der Waals surface area contributed by atoms with E-state index in [1.165, 1.54) is 6.42 Å². The van der Waals surface area contributed by atoms with Crippen LogP contribution in [0.4, 0.5) is 0 Å². The molecule has 1 aliphatic rings. The lowest BCUT2D eigenvalue weighted by Crippen LogP contribution is -2.24. The summed E-state index contributed by atoms with van der Waals surface area (Å²) in [4.78, 5) is 0. The third kappa shape index (κ3) is 2.99. The highest BCUT2D eigenvalue weighted by atomic mass is 16.5. The fourth-order valence-electron chi connectivity index (χ4n) is 1.97. The Kier molecular flexibility index (Phi) is 4.02. The summed E-state index contributed by atoms with van der Waals surface area (Å²) in [6.07, 6.45) is 3.23. The van der Waals surface area contributed by atoms with Gasteiger partial charge in [-0.15, -0.1) is 0 Å². The molecule has 1 aromatic carbocycles. The van der Waals surface area contributed by atoms with Crippen LogP contribution >= 0.6 is 0 Å². The normalized spacial score (nSPS) is 17.6. The summed E-state index contributed by atoms with van der Waals surface area (Å²) in [6.45, 7) is 2.35. The van der Waals surface area contributed by atoms with Crippen molar-refractivity contribution < 1.29 is 14.6 Å². The first-order valence-corrected chi connectivity index (χ1v) is 6.15. The molecule has 1 aromatic rings. The van der Waals surface area contributed by atoms with Gasteiger partial charge in [-0.3, -0.25) is 0 Å². The van der Waals surface area contributed by atoms with Crippen molar-refractivity contribution in [2.75, 3.05) is 13.7 Å². The highest BCUT2D eigenvalue weighted by molar-refractivity contribution is 5.38. The Balaban J connectivity index is 2.00. The molecule has 0 aromatic heterocycles. The van der Waals surface area contributed by atoms with E-state index in [0.29, 0.717) is 12.7 Å². The zero-order valence-electron chi connectivity index (χ0n) is 10.5. The van der Waals surface area contributed by atoms with Crippen molar-refractivity contribution in [3.63, 3.8) is 0 Å². The van der Waals surface area contributed by atoms with Crippen LogP contribution < -0.4 is 4.74 Å². The maximum atomic E-state index is 10.1. The van der Waals surface area contributed by atoms with Crippen molar-refractivity contribution >= 4 is 0 Å². The lowest BCUT2D eigenvalue weighted by molar-refractivity contribution is -0.0431. The third-order valence-corrected chi connectivity index (χ3v) is 3.29. The average molecular weight is 236 g/mol. The van der Waals surface area contributed by atoms with Gasteiger partial charge < -0.3 is 14.6 Å². The summed E-state index contributed by atoms with van der Waals surface area (Å²) in [5.41, 5.74) is 1.93. The van der Waals surface area contributed by atoms with E-state index < -0.39 is 6.10 Å². The van der Waals surface area contributed by atoms with Gasteiger partial charge in [-0.05, 0) is 38.3 Å². The van der Waals surface area contributed by atoms with Crippen LogP contribution in [0.1, 0.15) is 36.5 Å². The van der Waals surface area contributed by atoms with Crippen molar-refractivity contribution in [3.05, 3.63) is 29.3 Å². The summed E-state index contributed by atoms with van der Waals surface area (Å²) in [7, 11) is 1.62. The van der Waals surface area contributed by atoms with E-state index in [1.54, 1.807) is 7.11 Å². The van der Waals surface area contributed by atoms with E-state index in [9.17, 15) is 5.11 Å². The fourth-order valence-corrected chi connectivity index (χ4v) is 1.97. The van der Waals surface area contributed by atoms with Gasteiger partial charge in [0.15, 0.2) is 0 Å². The molecule has 94 valence electrons. The van der Waals surface area contributed by atoms with Gasteiger partial charge in [0.25, 0.3) is 0 Å². The Morgan fingerprint density at radius 3 is 2.76 bits per heavy atom. The minimum atomic E-state index is -0.606. The number of hydrogen-bond donors (Lipinski definition) is 1. The standard InChI is InChI=1S/C14H20O3/c1-10-6-7-14(16-2)12(8-10)13(15)9-17-11-4-3-5-11/h6-8,11,13,15H,3-5,9H2,1-2H3. The van der Waals surface area contributed by atoms with E-state index >= 15 is 0 Å². The second-order valence-corrected chi connectivity index (χ2v) is 4.65. The number of rotatable bonds is 5. The van der Waals surface area contributed by atoms with Gasteiger partial charge in [-0.1, -0.05) is 11.6 Å². The van der Waals surface area contributed by atoms with Crippen LogP contribution in [0.3, 0.4) is 0 Å². The van der Waals surface area contributed by atoms with Crippen LogP contribution in [-0.2, 0) is 4.74 Å². The topological polar surface area (TPSA) is 38.7 Å². The molecule has 1 aliphatic carbocycles. The third-order valence-electron chi connectivity index (χ3n) is 3.29. The lowest BCUT2D eigenvalue weighted by atomic mass is 9.96. The number of hydrogen-bond acceptors (Lipinski definition) is 3. The molecule has 1 unspecified atom stereocenters. The molecule has 1 atom stereocenters. The molecule has 1 saturated carbocycles. The lowest BCUT2D eigenvalue weighted by Gasteiger charge is -2.27. The maximum Gasteiger partial charge on any atom is 0.124 e. The molecule has 0 spiro atoms. The molecule has 1 fully saturated rings. The predicted molar refractivity (Wildman–Crippen MR) is 66.3 cm³/mol. The first-order valence-electron chi connectivity index (χ1n) is 6.15. The number of aliphatic hydroxyl groups is 1. The summed E-state index contributed by atoms with van der Waals surface area (Å²) in [5.74, 6) is 0.723. The minimum Gasteiger partial charge on any atom is -0.496 e. The molecule has 3 nitrogen and oxygen atoms in total. The monoisotopic (exact) mass is 236 g/mol. The predicted octanol–water partition coefficient (Wildman–Crippen LogP) is 2.61. The van der Waals surface area contributed by atoms with Crippen molar-refractivity contribution in [3.8, 4) is 5.75 Å². The largest absolute Gasteiger partial charge is 0.496 e. The van der Waals surface area contributed by atoms with Gasteiger partial charge in [0.1, 0.15) is 11.9 Å². The molecule has 0 bridgehead atoms. The Morgan fingerprint density at radius 2 is 2.18 bits per heavy atom. The van der Waals surface area contributed by atoms with Gasteiger partial charge in [0.05, 0.1) is 19.8 Å². The summed E-state index contributed by atoms with van der Waals surface area (Å²) >= 11 is 0. The summed E-state index contributed by atoms with van der Waals surface area (Å²) in [5, 5.41) is 10.1. The van der Waals surface area contributed by atoms with Crippen molar-refractivity contribution in [2.24, 2.45) is 0 Å². The van der Waals surface area contributed by atoms with Crippen molar-refractivity contribution in [1.29, 1.82) is 0 Å². The number of benzene rings is 1. The smallest absolute Gasteiger partial charge is 0.124 e. The van der Waals surface area contributed by atoms with E-state index in [1.807, 2.05) is 25.1 Å². The summed E-state index contributed by atoms with van der Waals surface area (Å²) < 4.78 is 10.9. The highest BCUT2D eigenvalue weighted by Crippen LogP contribution is 2.28. The van der Waals surface area contributed by atoms with Gasteiger partial charge >= 0.3 is 0 Å². The molecule has 0 heterocycles. The summed E-state index contributed by atoms with van der Waals surface area (Å²) in [6, 6.07) is 5.81. The second-order valence-electron chi connectivity index (χ2n) is 4.65. The van der Waals surface area contributed by atoms with Crippen molar-refractivity contribution in [1.82, 2.24) is 0 Å². The Hall–Kier alpha value is -1.06. The first kappa shape index (κ1) is 12.4. The van der Waals surface area contributed by atoms with Gasteiger partial charge in [-0.25, -0.2) is 0 Å². The molecular formula is C14H20O3. The number of aliphatic hydroxyl groups excluding tert-OH is 1. The fraction of sp³-hybridized carbons (Fsp3) is 0.571. The zero-order valence-corrected chi connectivity index (χ0v) is 10.5. The minimum absolute atomic E-state index is 0.348. The molecule has 1 N–H and O–H groups in total. The van der Waals surface area contributed by atoms with Crippen LogP contribution in [0.25, 0.3) is 0 Å². The Bertz CT molecular complexity index is 372.